The quantitative estimate of drug-likeness (QED) is 0.560. The van der Waals surface area contributed by atoms with Crippen LogP contribution in [0.25, 0.3) is 0 Å². The number of alkyl halides is 1. The topological polar surface area (TPSA) is 57.6 Å². The van der Waals surface area contributed by atoms with Gasteiger partial charge in [0.15, 0.2) is 0 Å². The molecule has 1 rings (SSSR count). The van der Waals surface area contributed by atoms with Crippen LogP contribution in [0.5, 0.6) is 0 Å². The minimum atomic E-state index is -3.15. The van der Waals surface area contributed by atoms with Gasteiger partial charge in [-0.05, 0) is 19.8 Å². The first-order valence-corrected chi connectivity index (χ1v) is 6.78. The Morgan fingerprint density at radius 2 is 2.00 bits per heavy atom. The zero-order chi connectivity index (χ0) is 10.8. The Morgan fingerprint density at radius 1 is 1.43 bits per heavy atom. The van der Waals surface area contributed by atoms with Crippen LogP contribution in [0.3, 0.4) is 0 Å². The summed E-state index contributed by atoms with van der Waals surface area (Å²) in [6.45, 7) is 2.07. The van der Waals surface area contributed by atoms with Crippen LogP contribution in [0.2, 0.25) is 0 Å². The molecule has 0 bridgehead atoms. The normalized spacial score (nSPS) is 21.9. The van der Waals surface area contributed by atoms with E-state index in [1.807, 2.05) is 0 Å². The van der Waals surface area contributed by atoms with E-state index in [1.54, 1.807) is 6.92 Å². The number of unbranched alkanes of at least 4 members (excludes halogenated alkanes) is 1. The van der Waals surface area contributed by atoms with Gasteiger partial charge in [0.25, 0.3) is 0 Å². The summed E-state index contributed by atoms with van der Waals surface area (Å²) in [7, 11) is -3.15. The van der Waals surface area contributed by atoms with E-state index in [0.29, 0.717) is 18.7 Å². The van der Waals surface area contributed by atoms with Crippen molar-refractivity contribution in [1.29, 1.82) is 0 Å². The molecule has 6 heteroatoms. The van der Waals surface area contributed by atoms with Crippen molar-refractivity contribution in [1.82, 2.24) is 4.31 Å². The standard InChI is InChI=1S/C8H16ClNO3S/c1-8(11)6-10(7-8)14(12,13)5-3-2-4-9/h11H,2-7H2,1H3. The fourth-order valence-corrected chi connectivity index (χ4v) is 3.38. The van der Waals surface area contributed by atoms with Gasteiger partial charge in [-0.1, -0.05) is 0 Å². The Labute approximate surface area is 89.9 Å². The molecule has 1 saturated heterocycles. The van der Waals surface area contributed by atoms with Crippen LogP contribution in [0.1, 0.15) is 19.8 Å². The molecule has 1 heterocycles. The van der Waals surface area contributed by atoms with E-state index in [-0.39, 0.29) is 18.8 Å². The fraction of sp³-hybridized carbons (Fsp3) is 1.00. The molecule has 0 saturated carbocycles. The number of β-amino-alcohol motifs (C(OH)–C–C–N with tert-alkyl or cyclic N) is 1. The van der Waals surface area contributed by atoms with Crippen LogP contribution < -0.4 is 0 Å². The fourth-order valence-electron chi connectivity index (χ4n) is 1.42. The molecule has 4 nitrogen and oxygen atoms in total. The molecule has 14 heavy (non-hydrogen) atoms. The van der Waals surface area contributed by atoms with E-state index < -0.39 is 15.6 Å². The highest BCUT2D eigenvalue weighted by Gasteiger charge is 2.42. The van der Waals surface area contributed by atoms with Gasteiger partial charge in [-0.3, -0.25) is 0 Å². The summed E-state index contributed by atoms with van der Waals surface area (Å²) in [6.07, 6.45) is 1.30. The molecular formula is C8H16ClNO3S. The first kappa shape index (κ1) is 12.2. The molecule has 0 atom stereocenters. The molecule has 84 valence electrons. The predicted octanol–water partition coefficient (Wildman–Crippen LogP) is 0.402. The van der Waals surface area contributed by atoms with Crippen LogP contribution in [0, 0.1) is 0 Å². The Hall–Kier alpha value is 0.160. The highest BCUT2D eigenvalue weighted by molar-refractivity contribution is 7.89. The van der Waals surface area contributed by atoms with Crippen molar-refractivity contribution >= 4 is 21.6 Å². The molecule has 0 amide bonds. The van der Waals surface area contributed by atoms with E-state index in [0.717, 1.165) is 0 Å². The minimum absolute atomic E-state index is 0.135. The molecule has 0 aromatic heterocycles. The van der Waals surface area contributed by atoms with Gasteiger partial charge in [0.05, 0.1) is 11.4 Å². The Bertz CT molecular complexity index is 281. The number of hydrogen-bond donors (Lipinski definition) is 1. The number of aliphatic hydroxyl groups is 1. The van der Waals surface area contributed by atoms with Gasteiger partial charge in [0.2, 0.25) is 10.0 Å². The highest BCUT2D eigenvalue weighted by atomic mass is 35.5. The maximum atomic E-state index is 11.5. The molecule has 1 aliphatic rings. The lowest BCUT2D eigenvalue weighted by Gasteiger charge is -2.42. The van der Waals surface area contributed by atoms with Gasteiger partial charge in [-0.25, -0.2) is 8.42 Å². The maximum Gasteiger partial charge on any atom is 0.214 e. The molecule has 0 aromatic rings. The van der Waals surface area contributed by atoms with Crippen LogP contribution >= 0.6 is 11.6 Å². The van der Waals surface area contributed by atoms with Gasteiger partial charge >= 0.3 is 0 Å². The van der Waals surface area contributed by atoms with Crippen LogP contribution in [0.4, 0.5) is 0 Å². The van der Waals surface area contributed by atoms with Crippen molar-refractivity contribution in [2.24, 2.45) is 0 Å². The smallest absolute Gasteiger partial charge is 0.214 e. The largest absolute Gasteiger partial charge is 0.387 e. The van der Waals surface area contributed by atoms with Gasteiger partial charge in [-0.15, -0.1) is 11.6 Å². The summed E-state index contributed by atoms with van der Waals surface area (Å²) in [5.41, 5.74) is -0.834. The molecule has 0 radical (unpaired) electrons. The number of hydrogen-bond acceptors (Lipinski definition) is 3. The van der Waals surface area contributed by atoms with E-state index in [9.17, 15) is 13.5 Å². The second-order valence-electron chi connectivity index (χ2n) is 3.98. The maximum absolute atomic E-state index is 11.5. The third kappa shape index (κ3) is 3.08. The van der Waals surface area contributed by atoms with E-state index in [1.165, 1.54) is 4.31 Å². The lowest BCUT2D eigenvalue weighted by molar-refractivity contribution is -0.0426. The van der Waals surface area contributed by atoms with Crippen molar-refractivity contribution in [3.8, 4) is 0 Å². The van der Waals surface area contributed by atoms with Crippen LogP contribution in [-0.4, -0.2) is 48.2 Å². The lowest BCUT2D eigenvalue weighted by Crippen LogP contribution is -2.61. The molecule has 0 aromatic carbocycles. The van der Waals surface area contributed by atoms with Crippen molar-refractivity contribution in [2.45, 2.75) is 25.4 Å². The molecule has 1 fully saturated rings. The Kier molecular flexibility index (Phi) is 3.80. The molecule has 0 aliphatic carbocycles. The average molecular weight is 242 g/mol. The van der Waals surface area contributed by atoms with Crippen molar-refractivity contribution in [2.75, 3.05) is 24.7 Å². The van der Waals surface area contributed by atoms with E-state index >= 15 is 0 Å². The van der Waals surface area contributed by atoms with Gasteiger partial charge in [-0.2, -0.15) is 4.31 Å². The zero-order valence-electron chi connectivity index (χ0n) is 8.24. The van der Waals surface area contributed by atoms with Crippen molar-refractivity contribution < 1.29 is 13.5 Å². The number of sulfonamides is 1. The van der Waals surface area contributed by atoms with E-state index in [2.05, 4.69) is 0 Å². The second kappa shape index (κ2) is 4.35. The predicted molar refractivity (Wildman–Crippen MR) is 55.9 cm³/mol. The van der Waals surface area contributed by atoms with Gasteiger partial charge in [0.1, 0.15) is 0 Å². The van der Waals surface area contributed by atoms with Crippen LogP contribution in [-0.2, 0) is 10.0 Å². The second-order valence-corrected chi connectivity index (χ2v) is 6.44. The molecule has 1 aliphatic heterocycles. The SMILES string of the molecule is CC1(O)CN(S(=O)(=O)CCCCCl)C1. The summed E-state index contributed by atoms with van der Waals surface area (Å²) >= 11 is 5.45. The van der Waals surface area contributed by atoms with Crippen molar-refractivity contribution in [3.05, 3.63) is 0 Å². The zero-order valence-corrected chi connectivity index (χ0v) is 9.81. The molecule has 0 unspecified atom stereocenters. The summed E-state index contributed by atoms with van der Waals surface area (Å²) in [4.78, 5) is 0. The third-order valence-corrected chi connectivity index (χ3v) is 4.33. The molecular weight excluding hydrogens is 226 g/mol. The average Bonchev–Trinajstić information content (AvgIpc) is 2.00. The van der Waals surface area contributed by atoms with Gasteiger partial charge < -0.3 is 5.11 Å². The highest BCUT2D eigenvalue weighted by Crippen LogP contribution is 2.23. The van der Waals surface area contributed by atoms with Gasteiger partial charge in [0, 0.05) is 19.0 Å². The van der Waals surface area contributed by atoms with Crippen LogP contribution in [0.15, 0.2) is 0 Å². The monoisotopic (exact) mass is 241 g/mol. The Morgan fingerprint density at radius 3 is 2.43 bits per heavy atom. The van der Waals surface area contributed by atoms with E-state index in [4.69, 9.17) is 11.6 Å². The summed E-state index contributed by atoms with van der Waals surface area (Å²) in [5, 5.41) is 9.39. The Balaban J connectivity index is 2.36. The number of rotatable bonds is 5. The summed E-state index contributed by atoms with van der Waals surface area (Å²) in [6, 6.07) is 0. The minimum Gasteiger partial charge on any atom is -0.387 e. The van der Waals surface area contributed by atoms with Crippen molar-refractivity contribution in [3.63, 3.8) is 0 Å². The first-order valence-electron chi connectivity index (χ1n) is 4.64. The number of nitrogens with zero attached hydrogens (tertiary/aromatic N) is 1. The lowest BCUT2D eigenvalue weighted by atomic mass is 10.0. The molecule has 0 spiro atoms. The number of halogens is 1. The third-order valence-electron chi connectivity index (χ3n) is 2.21. The first-order chi connectivity index (χ1) is 6.37. The molecule has 1 N–H and O–H groups in total. The summed E-state index contributed by atoms with van der Waals surface area (Å²) in [5.74, 6) is 0.628. The summed E-state index contributed by atoms with van der Waals surface area (Å²) < 4.78 is 24.4.